The third-order valence-corrected chi connectivity index (χ3v) is 5.39. The van der Waals surface area contributed by atoms with Gasteiger partial charge >= 0.3 is 0 Å². The molecule has 2 aliphatic carbocycles. The molecule has 2 aliphatic rings. The zero-order chi connectivity index (χ0) is 10.4. The van der Waals surface area contributed by atoms with Crippen LogP contribution >= 0.6 is 0 Å². The van der Waals surface area contributed by atoms with Crippen molar-refractivity contribution in [2.24, 2.45) is 16.2 Å². The molecule has 0 N–H and O–H groups in total. The van der Waals surface area contributed by atoms with Gasteiger partial charge in [0.15, 0.2) is 0 Å². The average Bonchev–Trinajstić information content (AvgIpc) is 2.06. The van der Waals surface area contributed by atoms with E-state index < -0.39 is 0 Å². The summed E-state index contributed by atoms with van der Waals surface area (Å²) in [6.07, 6.45) is 10.3. The smallest absolute Gasteiger partial charge is 0.0267 e. The highest BCUT2D eigenvalue weighted by atomic mass is 14.6. The molecule has 0 amide bonds. The Morgan fingerprint density at radius 3 is 1.86 bits per heavy atom. The predicted octanol–water partition coefficient (Wildman–Crippen LogP) is 4.78. The van der Waals surface area contributed by atoms with Gasteiger partial charge in [-0.25, -0.2) is 0 Å². The Morgan fingerprint density at radius 2 is 1.21 bits per heavy atom. The zero-order valence-electron chi connectivity index (χ0n) is 10.4. The fraction of sp³-hybridized carbons (Fsp3) is 1.00. The van der Waals surface area contributed by atoms with E-state index in [0.717, 1.165) is 0 Å². The molecule has 0 spiro atoms. The number of fused-ring (bicyclic) bond motifs is 1. The van der Waals surface area contributed by atoms with Gasteiger partial charge in [0.1, 0.15) is 0 Å². The lowest BCUT2D eigenvalue weighted by Gasteiger charge is -2.58. The molecule has 0 aliphatic heterocycles. The van der Waals surface area contributed by atoms with Gasteiger partial charge in [-0.3, -0.25) is 0 Å². The first-order valence-electron chi connectivity index (χ1n) is 6.37. The molecule has 0 saturated heterocycles. The fourth-order valence-electron chi connectivity index (χ4n) is 4.12. The van der Waals surface area contributed by atoms with Crippen molar-refractivity contribution >= 4 is 0 Å². The number of rotatable bonds is 0. The van der Waals surface area contributed by atoms with Crippen LogP contribution < -0.4 is 0 Å². The standard InChI is InChI=1S/C14H26/c1-12(2)9-10-13(3)7-5-6-8-14(13,4)11-12/h5-11H2,1-4H3/t13-,14?/m0/s1. The van der Waals surface area contributed by atoms with Crippen LogP contribution in [0.5, 0.6) is 0 Å². The van der Waals surface area contributed by atoms with E-state index in [0.29, 0.717) is 16.2 Å². The third-order valence-electron chi connectivity index (χ3n) is 5.39. The SMILES string of the molecule is CC1(C)CC[C@]2(C)CCCCC2(C)C1. The molecule has 2 rings (SSSR count). The lowest BCUT2D eigenvalue weighted by Crippen LogP contribution is -2.47. The molecule has 82 valence electrons. The van der Waals surface area contributed by atoms with Gasteiger partial charge in [0.2, 0.25) is 0 Å². The highest BCUT2D eigenvalue weighted by Gasteiger charge is 2.51. The average molecular weight is 194 g/mol. The second-order valence-electron chi connectivity index (χ2n) is 7.17. The van der Waals surface area contributed by atoms with Crippen molar-refractivity contribution in [2.45, 2.75) is 72.6 Å². The van der Waals surface area contributed by atoms with E-state index in [1.54, 1.807) is 0 Å². The maximum atomic E-state index is 2.56. The van der Waals surface area contributed by atoms with Crippen LogP contribution in [0.1, 0.15) is 72.6 Å². The summed E-state index contributed by atoms with van der Waals surface area (Å²) < 4.78 is 0. The first-order chi connectivity index (χ1) is 6.37. The van der Waals surface area contributed by atoms with Crippen molar-refractivity contribution in [1.29, 1.82) is 0 Å². The molecular weight excluding hydrogens is 168 g/mol. The van der Waals surface area contributed by atoms with Gasteiger partial charge in [-0.1, -0.05) is 40.5 Å². The second kappa shape index (κ2) is 3.00. The van der Waals surface area contributed by atoms with Crippen LogP contribution in [-0.4, -0.2) is 0 Å². The molecular formula is C14H26. The quantitative estimate of drug-likeness (QED) is 0.520. The highest BCUT2D eigenvalue weighted by molar-refractivity contribution is 5.02. The van der Waals surface area contributed by atoms with Gasteiger partial charge in [-0.05, 0) is 48.3 Å². The van der Waals surface area contributed by atoms with Crippen LogP contribution in [0, 0.1) is 16.2 Å². The minimum atomic E-state index is 0.603. The Hall–Kier alpha value is 0. The molecule has 0 heterocycles. The van der Waals surface area contributed by atoms with Crippen LogP contribution in [0.2, 0.25) is 0 Å². The Bertz CT molecular complexity index is 228. The normalized spacial score (nSPS) is 47.1. The largest absolute Gasteiger partial charge is 0.0599 e. The summed E-state index contributed by atoms with van der Waals surface area (Å²) in [7, 11) is 0. The Balaban J connectivity index is 2.24. The van der Waals surface area contributed by atoms with E-state index in [-0.39, 0.29) is 0 Å². The maximum Gasteiger partial charge on any atom is -0.0267 e. The maximum absolute atomic E-state index is 2.56. The highest BCUT2D eigenvalue weighted by Crippen LogP contribution is 2.62. The van der Waals surface area contributed by atoms with Gasteiger partial charge in [-0.2, -0.15) is 0 Å². The van der Waals surface area contributed by atoms with Gasteiger partial charge in [0, 0.05) is 0 Å². The summed E-state index contributed by atoms with van der Waals surface area (Å²) in [4.78, 5) is 0. The minimum absolute atomic E-state index is 0.603. The molecule has 2 fully saturated rings. The summed E-state index contributed by atoms with van der Waals surface area (Å²) in [5, 5.41) is 0. The van der Waals surface area contributed by atoms with Crippen molar-refractivity contribution in [3.05, 3.63) is 0 Å². The molecule has 1 unspecified atom stereocenters. The Kier molecular flexibility index (Phi) is 2.25. The molecule has 0 aromatic rings. The van der Waals surface area contributed by atoms with E-state index in [4.69, 9.17) is 0 Å². The molecule has 0 bridgehead atoms. The molecule has 0 aromatic carbocycles. The molecule has 0 radical (unpaired) electrons. The first-order valence-corrected chi connectivity index (χ1v) is 6.37. The minimum Gasteiger partial charge on any atom is -0.0599 e. The van der Waals surface area contributed by atoms with Crippen LogP contribution in [-0.2, 0) is 0 Å². The lowest BCUT2D eigenvalue weighted by atomic mass is 9.47. The van der Waals surface area contributed by atoms with Gasteiger partial charge in [0.25, 0.3) is 0 Å². The number of hydrogen-bond acceptors (Lipinski definition) is 0. The number of hydrogen-bond donors (Lipinski definition) is 0. The third kappa shape index (κ3) is 1.51. The fourth-order valence-corrected chi connectivity index (χ4v) is 4.12. The molecule has 0 heteroatoms. The van der Waals surface area contributed by atoms with Gasteiger partial charge in [-0.15, -0.1) is 0 Å². The van der Waals surface area contributed by atoms with E-state index in [1.807, 2.05) is 0 Å². The van der Waals surface area contributed by atoms with Gasteiger partial charge in [0.05, 0.1) is 0 Å². The summed E-state index contributed by atoms with van der Waals surface area (Å²) >= 11 is 0. The molecule has 2 saturated carbocycles. The first kappa shape index (κ1) is 10.5. The van der Waals surface area contributed by atoms with Crippen LogP contribution in [0.3, 0.4) is 0 Å². The Labute approximate surface area is 89.5 Å². The van der Waals surface area contributed by atoms with Crippen LogP contribution in [0.4, 0.5) is 0 Å². The summed E-state index contributed by atoms with van der Waals surface area (Å²) in [5.41, 5.74) is 1.92. The molecule has 14 heavy (non-hydrogen) atoms. The second-order valence-corrected chi connectivity index (χ2v) is 7.17. The van der Waals surface area contributed by atoms with E-state index in [1.165, 1.54) is 44.9 Å². The van der Waals surface area contributed by atoms with Gasteiger partial charge < -0.3 is 0 Å². The zero-order valence-corrected chi connectivity index (χ0v) is 10.4. The molecule has 0 nitrogen and oxygen atoms in total. The summed E-state index contributed by atoms with van der Waals surface area (Å²) in [6.45, 7) is 10.0. The lowest BCUT2D eigenvalue weighted by molar-refractivity contribution is -0.0720. The monoisotopic (exact) mass is 194 g/mol. The van der Waals surface area contributed by atoms with Crippen molar-refractivity contribution < 1.29 is 0 Å². The van der Waals surface area contributed by atoms with Crippen molar-refractivity contribution in [3.8, 4) is 0 Å². The topological polar surface area (TPSA) is 0 Å². The summed E-state index contributed by atoms with van der Waals surface area (Å²) in [6, 6.07) is 0. The predicted molar refractivity (Wildman–Crippen MR) is 62.3 cm³/mol. The van der Waals surface area contributed by atoms with Crippen molar-refractivity contribution in [3.63, 3.8) is 0 Å². The molecule has 0 aromatic heterocycles. The Morgan fingerprint density at radius 1 is 0.643 bits per heavy atom. The summed E-state index contributed by atoms with van der Waals surface area (Å²) in [5.74, 6) is 0. The molecule has 2 atom stereocenters. The van der Waals surface area contributed by atoms with E-state index in [9.17, 15) is 0 Å². The van der Waals surface area contributed by atoms with Crippen molar-refractivity contribution in [1.82, 2.24) is 0 Å². The van der Waals surface area contributed by atoms with Crippen LogP contribution in [0.15, 0.2) is 0 Å². The van der Waals surface area contributed by atoms with Crippen molar-refractivity contribution in [2.75, 3.05) is 0 Å². The van der Waals surface area contributed by atoms with Crippen LogP contribution in [0.25, 0.3) is 0 Å². The van der Waals surface area contributed by atoms with E-state index >= 15 is 0 Å². The van der Waals surface area contributed by atoms with E-state index in [2.05, 4.69) is 27.7 Å².